The summed E-state index contributed by atoms with van der Waals surface area (Å²) < 4.78 is 5.42. The van der Waals surface area contributed by atoms with Crippen LogP contribution in [0.2, 0.25) is 0 Å². The molecule has 0 bridgehead atoms. The molecule has 2 heteroatoms. The van der Waals surface area contributed by atoms with Gasteiger partial charge in [0.25, 0.3) is 0 Å². The van der Waals surface area contributed by atoms with Crippen molar-refractivity contribution in [1.82, 2.24) is 0 Å². The summed E-state index contributed by atoms with van der Waals surface area (Å²) in [5.74, 6) is 2.28. The molecule has 0 spiro atoms. The number of carbonyl (C=O) groups excluding carboxylic acids is 1. The minimum absolute atomic E-state index is 0.345. The van der Waals surface area contributed by atoms with E-state index in [0.29, 0.717) is 17.6 Å². The normalized spacial score (nSPS) is 28.7. The molecule has 1 unspecified atom stereocenters. The number of ether oxygens (including phenoxy) is 1. The third-order valence-electron chi connectivity index (χ3n) is 3.68. The monoisotopic (exact) mass is 208 g/mol. The first-order chi connectivity index (χ1) is 7.22. The van der Waals surface area contributed by atoms with Crippen molar-refractivity contribution in [3.63, 3.8) is 0 Å². The maximum atomic E-state index is 12.0. The van der Waals surface area contributed by atoms with Gasteiger partial charge in [0.1, 0.15) is 5.76 Å². The summed E-state index contributed by atoms with van der Waals surface area (Å²) in [5.41, 5.74) is 1.04. The Morgan fingerprint density at radius 1 is 1.20 bits per heavy atom. The van der Waals surface area contributed by atoms with Crippen LogP contribution in [0.4, 0.5) is 0 Å². The topological polar surface area (TPSA) is 26.3 Å². The fourth-order valence-electron chi connectivity index (χ4n) is 2.94. The van der Waals surface area contributed by atoms with E-state index < -0.39 is 0 Å². The molecular formula is C13H20O2. The van der Waals surface area contributed by atoms with E-state index in [-0.39, 0.29) is 0 Å². The molecule has 0 saturated heterocycles. The maximum absolute atomic E-state index is 12.0. The predicted octanol–water partition coefficient (Wildman–Crippen LogP) is 3.08. The molecule has 2 aliphatic carbocycles. The zero-order chi connectivity index (χ0) is 10.8. The highest BCUT2D eigenvalue weighted by atomic mass is 16.5. The zero-order valence-electron chi connectivity index (χ0n) is 9.71. The van der Waals surface area contributed by atoms with Gasteiger partial charge in [0.2, 0.25) is 0 Å². The van der Waals surface area contributed by atoms with E-state index in [2.05, 4.69) is 6.92 Å². The van der Waals surface area contributed by atoms with Gasteiger partial charge in [0, 0.05) is 18.4 Å². The van der Waals surface area contributed by atoms with Crippen LogP contribution in [0, 0.1) is 11.8 Å². The van der Waals surface area contributed by atoms with Gasteiger partial charge in [-0.15, -0.1) is 0 Å². The summed E-state index contributed by atoms with van der Waals surface area (Å²) in [6.45, 7) is 2.13. The first-order valence-corrected chi connectivity index (χ1v) is 6.02. The second-order valence-corrected chi connectivity index (χ2v) is 4.96. The molecule has 2 nitrogen and oxygen atoms in total. The number of Topliss-reactive ketones (excluding diaryl/α,β-unsaturated/α-hetero) is 1. The summed E-state index contributed by atoms with van der Waals surface area (Å²) in [7, 11) is 1.70. The lowest BCUT2D eigenvalue weighted by Gasteiger charge is -2.26. The minimum atomic E-state index is 0.345. The molecular weight excluding hydrogens is 188 g/mol. The van der Waals surface area contributed by atoms with Crippen molar-refractivity contribution >= 4 is 5.78 Å². The van der Waals surface area contributed by atoms with Gasteiger partial charge >= 0.3 is 0 Å². The van der Waals surface area contributed by atoms with Crippen molar-refractivity contribution < 1.29 is 9.53 Å². The van der Waals surface area contributed by atoms with E-state index in [4.69, 9.17) is 4.74 Å². The highest BCUT2D eigenvalue weighted by molar-refractivity contribution is 5.97. The van der Waals surface area contributed by atoms with Crippen LogP contribution >= 0.6 is 0 Å². The highest BCUT2D eigenvalue weighted by Gasteiger charge is 2.32. The van der Waals surface area contributed by atoms with Crippen LogP contribution in [-0.4, -0.2) is 12.9 Å². The Morgan fingerprint density at radius 3 is 2.47 bits per heavy atom. The van der Waals surface area contributed by atoms with E-state index in [9.17, 15) is 4.79 Å². The lowest BCUT2D eigenvalue weighted by molar-refractivity contribution is -0.117. The molecule has 1 fully saturated rings. The molecule has 1 saturated carbocycles. The van der Waals surface area contributed by atoms with Crippen LogP contribution in [0.25, 0.3) is 0 Å². The van der Waals surface area contributed by atoms with Gasteiger partial charge in [0.15, 0.2) is 5.78 Å². The number of hydrogen-bond acceptors (Lipinski definition) is 2. The van der Waals surface area contributed by atoms with Crippen LogP contribution in [0.1, 0.15) is 45.4 Å². The van der Waals surface area contributed by atoms with Crippen LogP contribution in [0.5, 0.6) is 0 Å². The minimum Gasteiger partial charge on any atom is -0.501 e. The number of allylic oxidation sites excluding steroid dienone is 2. The molecule has 0 aromatic rings. The molecule has 0 radical (unpaired) electrons. The molecule has 0 aromatic carbocycles. The Balaban J connectivity index is 2.26. The van der Waals surface area contributed by atoms with Crippen molar-refractivity contribution in [2.75, 3.05) is 7.11 Å². The number of rotatable bonds is 2. The standard InChI is InChI=1S/C13H20O2/c1-9-7-11(14)13(12(8-9)15-2)10-5-3-4-6-10/h9-10H,3-8H2,1-2H3. The molecule has 84 valence electrons. The summed E-state index contributed by atoms with van der Waals surface area (Å²) in [5, 5.41) is 0. The Morgan fingerprint density at radius 2 is 1.87 bits per heavy atom. The molecule has 0 N–H and O–H groups in total. The number of hydrogen-bond donors (Lipinski definition) is 0. The SMILES string of the molecule is COC1=C(C2CCCC2)C(=O)CC(C)C1. The first-order valence-electron chi connectivity index (χ1n) is 6.02. The molecule has 2 rings (SSSR count). The van der Waals surface area contributed by atoms with Gasteiger partial charge in [-0.3, -0.25) is 4.79 Å². The van der Waals surface area contributed by atoms with E-state index in [0.717, 1.165) is 24.2 Å². The maximum Gasteiger partial charge on any atom is 0.162 e. The van der Waals surface area contributed by atoms with Gasteiger partial charge in [0.05, 0.1) is 7.11 Å². The second kappa shape index (κ2) is 4.38. The summed E-state index contributed by atoms with van der Waals surface area (Å²) >= 11 is 0. The first kappa shape index (κ1) is 10.7. The second-order valence-electron chi connectivity index (χ2n) is 4.96. The van der Waals surface area contributed by atoms with Crippen molar-refractivity contribution in [2.24, 2.45) is 11.8 Å². The molecule has 2 aliphatic rings. The van der Waals surface area contributed by atoms with Crippen LogP contribution < -0.4 is 0 Å². The van der Waals surface area contributed by atoms with Crippen LogP contribution in [-0.2, 0) is 9.53 Å². The van der Waals surface area contributed by atoms with E-state index in [1.54, 1.807) is 7.11 Å². The van der Waals surface area contributed by atoms with Gasteiger partial charge in [-0.2, -0.15) is 0 Å². The fraction of sp³-hybridized carbons (Fsp3) is 0.769. The zero-order valence-corrected chi connectivity index (χ0v) is 9.71. The summed E-state index contributed by atoms with van der Waals surface area (Å²) in [6, 6.07) is 0. The Labute approximate surface area is 91.7 Å². The molecule has 0 amide bonds. The van der Waals surface area contributed by atoms with Crippen molar-refractivity contribution in [2.45, 2.75) is 45.4 Å². The van der Waals surface area contributed by atoms with E-state index >= 15 is 0 Å². The smallest absolute Gasteiger partial charge is 0.162 e. The molecule has 0 heterocycles. The molecule has 0 aliphatic heterocycles. The third-order valence-corrected chi connectivity index (χ3v) is 3.68. The summed E-state index contributed by atoms with van der Waals surface area (Å²) in [4.78, 5) is 12.0. The Bertz CT molecular complexity index is 285. The highest BCUT2D eigenvalue weighted by Crippen LogP contribution is 2.38. The van der Waals surface area contributed by atoms with Gasteiger partial charge in [-0.1, -0.05) is 19.8 Å². The largest absolute Gasteiger partial charge is 0.501 e. The van der Waals surface area contributed by atoms with E-state index in [1.807, 2.05) is 0 Å². The predicted molar refractivity (Wildman–Crippen MR) is 59.4 cm³/mol. The van der Waals surface area contributed by atoms with Crippen molar-refractivity contribution in [3.05, 3.63) is 11.3 Å². The molecule has 0 aromatic heterocycles. The Kier molecular flexibility index (Phi) is 3.13. The lowest BCUT2D eigenvalue weighted by atomic mass is 9.81. The number of carbonyl (C=O) groups is 1. The summed E-state index contributed by atoms with van der Waals surface area (Å²) in [6.07, 6.45) is 6.58. The van der Waals surface area contributed by atoms with Gasteiger partial charge in [-0.25, -0.2) is 0 Å². The van der Waals surface area contributed by atoms with Crippen molar-refractivity contribution in [3.8, 4) is 0 Å². The lowest BCUT2D eigenvalue weighted by Crippen LogP contribution is -2.22. The molecule has 1 atom stereocenters. The van der Waals surface area contributed by atoms with Crippen molar-refractivity contribution in [1.29, 1.82) is 0 Å². The molecule has 15 heavy (non-hydrogen) atoms. The average Bonchev–Trinajstić information content (AvgIpc) is 2.69. The number of methoxy groups -OCH3 is 1. The van der Waals surface area contributed by atoms with Crippen LogP contribution in [0.15, 0.2) is 11.3 Å². The average molecular weight is 208 g/mol. The third kappa shape index (κ3) is 2.09. The van der Waals surface area contributed by atoms with Gasteiger partial charge in [-0.05, 0) is 24.7 Å². The number of ketones is 1. The van der Waals surface area contributed by atoms with Gasteiger partial charge < -0.3 is 4.74 Å². The van der Waals surface area contributed by atoms with Crippen LogP contribution in [0.3, 0.4) is 0 Å². The van der Waals surface area contributed by atoms with E-state index in [1.165, 1.54) is 25.7 Å². The Hall–Kier alpha value is -0.790. The fourth-order valence-corrected chi connectivity index (χ4v) is 2.94. The quantitative estimate of drug-likeness (QED) is 0.697.